The van der Waals surface area contributed by atoms with E-state index in [0.29, 0.717) is 11.1 Å². The van der Waals surface area contributed by atoms with Gasteiger partial charge in [-0.2, -0.15) is 8.78 Å². The number of benzene rings is 3. The number of nitrogens with one attached hydrogen (secondary N) is 1. The average molecular weight is 477 g/mol. The van der Waals surface area contributed by atoms with Gasteiger partial charge in [0.25, 0.3) is 5.22 Å². The van der Waals surface area contributed by atoms with Crippen LogP contribution in [0.25, 0.3) is 22.4 Å². The van der Waals surface area contributed by atoms with Crippen LogP contribution in [0, 0.1) is 0 Å². The maximum Gasteiger partial charge on any atom is 0.387 e. The van der Waals surface area contributed by atoms with E-state index in [1.54, 1.807) is 18.3 Å². The first kappa shape index (κ1) is 21.8. The Balaban J connectivity index is 1.43. The molecular weight excluding hydrogens is 460 g/mol. The van der Waals surface area contributed by atoms with Gasteiger partial charge in [0.1, 0.15) is 11.0 Å². The molecule has 2 aromatic heterocycles. The SMILES string of the molecule is O=C(c1c[nH]c2ccccc12)C(Sc1nnc(-c2ccc(OC(F)F)cc2)o1)c1ccccc1. The van der Waals surface area contributed by atoms with Crippen molar-refractivity contribution < 1.29 is 22.7 Å². The molecule has 5 rings (SSSR count). The minimum atomic E-state index is -2.90. The Bertz CT molecular complexity index is 1420. The molecule has 3 aromatic carbocycles. The van der Waals surface area contributed by atoms with E-state index in [9.17, 15) is 13.6 Å². The van der Waals surface area contributed by atoms with Crippen molar-refractivity contribution in [2.75, 3.05) is 0 Å². The van der Waals surface area contributed by atoms with Gasteiger partial charge in [-0.3, -0.25) is 4.79 Å². The van der Waals surface area contributed by atoms with Crippen LogP contribution in [0.1, 0.15) is 21.2 Å². The number of carbonyl (C=O) groups is 1. The molecular formula is C25H17F2N3O3S. The molecule has 0 radical (unpaired) electrons. The summed E-state index contributed by atoms with van der Waals surface area (Å²) in [5, 5.41) is 8.58. The minimum absolute atomic E-state index is 0.0290. The van der Waals surface area contributed by atoms with Crippen LogP contribution in [0.15, 0.2) is 94.7 Å². The predicted molar refractivity (Wildman–Crippen MR) is 124 cm³/mol. The third-order valence-electron chi connectivity index (χ3n) is 5.15. The monoisotopic (exact) mass is 477 g/mol. The number of ether oxygens (including phenoxy) is 1. The number of halogens is 2. The van der Waals surface area contributed by atoms with Crippen molar-refractivity contribution in [3.63, 3.8) is 0 Å². The van der Waals surface area contributed by atoms with Crippen molar-refractivity contribution in [1.82, 2.24) is 15.2 Å². The molecule has 0 aliphatic heterocycles. The molecule has 0 amide bonds. The van der Waals surface area contributed by atoms with Crippen LogP contribution in [0.2, 0.25) is 0 Å². The topological polar surface area (TPSA) is 81.0 Å². The van der Waals surface area contributed by atoms with E-state index in [4.69, 9.17) is 4.42 Å². The number of hydrogen-bond donors (Lipinski definition) is 1. The summed E-state index contributed by atoms with van der Waals surface area (Å²) in [6, 6.07) is 22.9. The molecule has 5 aromatic rings. The number of carbonyl (C=O) groups excluding carboxylic acids is 1. The van der Waals surface area contributed by atoms with E-state index in [1.165, 1.54) is 12.1 Å². The highest BCUT2D eigenvalue weighted by molar-refractivity contribution is 8.00. The zero-order chi connectivity index (χ0) is 23.5. The van der Waals surface area contributed by atoms with Crippen LogP contribution in [-0.4, -0.2) is 27.6 Å². The van der Waals surface area contributed by atoms with Crippen LogP contribution in [0.3, 0.4) is 0 Å². The number of hydrogen-bond acceptors (Lipinski definition) is 6. The highest BCUT2D eigenvalue weighted by Gasteiger charge is 2.28. The lowest BCUT2D eigenvalue weighted by Gasteiger charge is -2.13. The third kappa shape index (κ3) is 4.55. The summed E-state index contributed by atoms with van der Waals surface area (Å²) in [4.78, 5) is 16.8. The first-order chi connectivity index (χ1) is 16.6. The van der Waals surface area contributed by atoms with Crippen LogP contribution in [0.4, 0.5) is 8.78 Å². The van der Waals surface area contributed by atoms with E-state index in [1.807, 2.05) is 54.6 Å². The predicted octanol–water partition coefficient (Wildman–Crippen LogP) is 6.54. The second-order valence-corrected chi connectivity index (χ2v) is 8.35. The molecule has 0 aliphatic rings. The second kappa shape index (κ2) is 9.48. The fourth-order valence-electron chi connectivity index (χ4n) is 3.57. The lowest BCUT2D eigenvalue weighted by molar-refractivity contribution is -0.0498. The number of alkyl halides is 2. The molecule has 0 spiro atoms. The van der Waals surface area contributed by atoms with Crippen LogP contribution >= 0.6 is 11.8 Å². The first-order valence-electron chi connectivity index (χ1n) is 10.3. The Labute approximate surface area is 197 Å². The van der Waals surface area contributed by atoms with Crippen LogP contribution < -0.4 is 4.74 Å². The minimum Gasteiger partial charge on any atom is -0.435 e. The van der Waals surface area contributed by atoms with Crippen molar-refractivity contribution in [3.05, 3.63) is 96.2 Å². The molecule has 6 nitrogen and oxygen atoms in total. The molecule has 1 unspecified atom stereocenters. The highest BCUT2D eigenvalue weighted by atomic mass is 32.2. The van der Waals surface area contributed by atoms with Gasteiger partial charge in [0, 0.05) is 28.2 Å². The normalized spacial score (nSPS) is 12.2. The Morgan fingerprint density at radius 3 is 2.44 bits per heavy atom. The maximum atomic E-state index is 13.6. The van der Waals surface area contributed by atoms with E-state index in [0.717, 1.165) is 28.2 Å². The molecule has 2 heterocycles. The number of nitrogens with zero attached hydrogens (tertiary/aromatic N) is 2. The van der Waals surface area contributed by atoms with Gasteiger partial charge in [0.2, 0.25) is 5.89 Å². The quantitative estimate of drug-likeness (QED) is 0.202. The Morgan fingerprint density at radius 2 is 1.68 bits per heavy atom. The lowest BCUT2D eigenvalue weighted by Crippen LogP contribution is -2.09. The number of ketones is 1. The van der Waals surface area contributed by atoms with E-state index >= 15 is 0 Å². The Hall–Kier alpha value is -3.98. The average Bonchev–Trinajstić information content (AvgIpc) is 3.50. The van der Waals surface area contributed by atoms with Crippen molar-refractivity contribution in [3.8, 4) is 17.2 Å². The number of H-pyrrole nitrogens is 1. The molecule has 0 saturated carbocycles. The van der Waals surface area contributed by atoms with Gasteiger partial charge < -0.3 is 14.1 Å². The molecule has 170 valence electrons. The van der Waals surface area contributed by atoms with Gasteiger partial charge >= 0.3 is 6.61 Å². The number of para-hydroxylation sites is 1. The van der Waals surface area contributed by atoms with Crippen molar-refractivity contribution in [2.45, 2.75) is 17.1 Å². The van der Waals surface area contributed by atoms with Crippen molar-refractivity contribution in [2.24, 2.45) is 0 Å². The number of Topliss-reactive ketones (excluding diaryl/α,β-unsaturated/α-hetero) is 1. The molecule has 0 saturated heterocycles. The Kier molecular flexibility index (Phi) is 6.09. The fraction of sp³-hybridized carbons (Fsp3) is 0.0800. The van der Waals surface area contributed by atoms with Crippen molar-refractivity contribution in [1.29, 1.82) is 0 Å². The lowest BCUT2D eigenvalue weighted by atomic mass is 10.0. The van der Waals surface area contributed by atoms with Gasteiger partial charge in [-0.25, -0.2) is 0 Å². The molecule has 9 heteroatoms. The summed E-state index contributed by atoms with van der Waals surface area (Å²) in [6.45, 7) is -2.90. The standard InChI is InChI=1S/C25H17F2N3O3S/c26-24(27)32-17-12-10-16(11-13-17)23-29-30-25(33-23)34-22(15-6-2-1-3-7-15)21(31)19-14-28-20-9-5-4-8-18(19)20/h1-14,22,24,28H. The fourth-order valence-corrected chi connectivity index (χ4v) is 4.52. The van der Waals surface area contributed by atoms with Gasteiger partial charge in [-0.05, 0) is 47.7 Å². The largest absolute Gasteiger partial charge is 0.435 e. The number of aromatic amines is 1. The summed E-state index contributed by atoms with van der Waals surface area (Å²) in [7, 11) is 0. The van der Waals surface area contributed by atoms with Crippen LogP contribution in [-0.2, 0) is 0 Å². The van der Waals surface area contributed by atoms with Gasteiger partial charge in [-0.1, -0.05) is 48.5 Å². The number of rotatable bonds is 8. The van der Waals surface area contributed by atoms with E-state index in [2.05, 4.69) is 19.9 Å². The molecule has 34 heavy (non-hydrogen) atoms. The summed E-state index contributed by atoms with van der Waals surface area (Å²) in [6.07, 6.45) is 1.71. The molecule has 0 fully saturated rings. The van der Waals surface area contributed by atoms with Crippen LogP contribution in [0.5, 0.6) is 5.75 Å². The number of fused-ring (bicyclic) bond motifs is 1. The van der Waals surface area contributed by atoms with Crippen molar-refractivity contribution >= 4 is 28.4 Å². The summed E-state index contributed by atoms with van der Waals surface area (Å²) in [5.41, 5.74) is 2.80. The number of thioether (sulfide) groups is 1. The zero-order valence-corrected chi connectivity index (χ0v) is 18.3. The Morgan fingerprint density at radius 1 is 0.941 bits per heavy atom. The first-order valence-corrected chi connectivity index (χ1v) is 11.2. The van der Waals surface area contributed by atoms with Gasteiger partial charge in [-0.15, -0.1) is 10.2 Å². The highest BCUT2D eigenvalue weighted by Crippen LogP contribution is 2.39. The third-order valence-corrected chi connectivity index (χ3v) is 6.24. The van der Waals surface area contributed by atoms with E-state index < -0.39 is 11.9 Å². The maximum absolute atomic E-state index is 13.6. The van der Waals surface area contributed by atoms with Gasteiger partial charge in [0.15, 0.2) is 5.78 Å². The van der Waals surface area contributed by atoms with E-state index in [-0.39, 0.29) is 22.6 Å². The smallest absolute Gasteiger partial charge is 0.387 e. The second-order valence-electron chi connectivity index (χ2n) is 7.30. The summed E-state index contributed by atoms with van der Waals surface area (Å²) < 4.78 is 34.9. The zero-order valence-electron chi connectivity index (χ0n) is 17.5. The molecule has 0 bridgehead atoms. The summed E-state index contributed by atoms with van der Waals surface area (Å²) >= 11 is 1.16. The number of aromatic nitrogens is 3. The molecule has 1 atom stereocenters. The molecule has 0 aliphatic carbocycles. The van der Waals surface area contributed by atoms with Gasteiger partial charge in [0.05, 0.1) is 0 Å². The molecule has 1 N–H and O–H groups in total. The summed E-state index contributed by atoms with van der Waals surface area (Å²) in [5.74, 6) is 0.140.